The van der Waals surface area contributed by atoms with E-state index < -0.39 is 35.7 Å². The average Bonchev–Trinajstić information content (AvgIpc) is 3.21. The van der Waals surface area contributed by atoms with Gasteiger partial charge in [-0.3, -0.25) is 0 Å². The number of nitrogens with zero attached hydrogens (tertiary/aromatic N) is 4. The van der Waals surface area contributed by atoms with Gasteiger partial charge >= 0.3 is 12.2 Å². The van der Waals surface area contributed by atoms with Crippen LogP contribution in [0.1, 0.15) is 36.6 Å². The lowest BCUT2D eigenvalue weighted by atomic mass is 9.88. The fourth-order valence-corrected chi connectivity index (χ4v) is 3.88. The van der Waals surface area contributed by atoms with Crippen molar-refractivity contribution in [2.45, 2.75) is 38.0 Å². The summed E-state index contributed by atoms with van der Waals surface area (Å²) >= 11 is 0. The number of guanidine groups is 1. The first-order chi connectivity index (χ1) is 15.2. The fourth-order valence-electron chi connectivity index (χ4n) is 3.88. The lowest BCUT2D eigenvalue weighted by molar-refractivity contribution is -0.250. The second kappa shape index (κ2) is 8.44. The van der Waals surface area contributed by atoms with Crippen molar-refractivity contribution in [3.8, 4) is 0 Å². The molecule has 2 heterocycles. The molecular weight excluding hydrogens is 425 g/mol. The van der Waals surface area contributed by atoms with E-state index in [1.165, 1.54) is 6.07 Å². The molecule has 7 nitrogen and oxygen atoms in total. The molecule has 0 unspecified atom stereocenters. The molecule has 0 saturated carbocycles. The van der Waals surface area contributed by atoms with E-state index in [9.17, 15) is 18.0 Å². The first-order valence-electron chi connectivity index (χ1n) is 10.0. The Morgan fingerprint density at radius 1 is 1.16 bits per heavy atom. The van der Waals surface area contributed by atoms with E-state index in [1.54, 1.807) is 17.9 Å². The Kier molecular flexibility index (Phi) is 5.83. The first-order valence-corrected chi connectivity index (χ1v) is 10.0. The molecule has 0 N–H and O–H groups in total. The van der Waals surface area contributed by atoms with Crippen LogP contribution in [0.15, 0.2) is 69.8 Å². The van der Waals surface area contributed by atoms with E-state index in [0.717, 1.165) is 17.7 Å². The molecule has 2 amide bonds. The van der Waals surface area contributed by atoms with Crippen molar-refractivity contribution < 1.29 is 27.4 Å². The zero-order valence-corrected chi connectivity index (χ0v) is 17.4. The Balaban J connectivity index is 1.68. The predicted molar refractivity (Wildman–Crippen MR) is 109 cm³/mol. The molecule has 2 aromatic carbocycles. The Bertz CT molecular complexity index is 1060. The Labute approximate surface area is 182 Å². The van der Waals surface area contributed by atoms with Crippen LogP contribution in [0.4, 0.5) is 18.0 Å². The van der Waals surface area contributed by atoms with Crippen LogP contribution < -0.4 is 0 Å². The number of carbonyl (C=O) groups excluding carboxylic acids is 1. The van der Waals surface area contributed by atoms with Gasteiger partial charge in [0.2, 0.25) is 0 Å². The summed E-state index contributed by atoms with van der Waals surface area (Å²) in [4.78, 5) is 17.2. The Morgan fingerprint density at radius 3 is 2.56 bits per heavy atom. The summed E-state index contributed by atoms with van der Waals surface area (Å²) in [6.45, 7) is 4.13. The number of hydrogen-bond acceptors (Lipinski definition) is 5. The molecule has 0 spiro atoms. The number of benzene rings is 2. The quantitative estimate of drug-likeness (QED) is 0.639. The van der Waals surface area contributed by atoms with E-state index in [1.807, 2.05) is 37.3 Å². The van der Waals surface area contributed by atoms with Gasteiger partial charge in [0.15, 0.2) is 6.29 Å². The highest BCUT2D eigenvalue weighted by atomic mass is 19.4. The molecule has 168 valence electrons. The molecule has 0 bridgehead atoms. The van der Waals surface area contributed by atoms with Gasteiger partial charge in [-0.2, -0.15) is 18.2 Å². The number of amides is 2. The zero-order valence-electron chi connectivity index (χ0n) is 17.4. The summed E-state index contributed by atoms with van der Waals surface area (Å²) in [5, 5.41) is 7.36. The third kappa shape index (κ3) is 4.15. The molecule has 0 aliphatic carbocycles. The maximum absolute atomic E-state index is 13.2. The molecule has 32 heavy (non-hydrogen) atoms. The van der Waals surface area contributed by atoms with Gasteiger partial charge in [-0.25, -0.2) is 4.79 Å². The highest BCUT2D eigenvalue weighted by Crippen LogP contribution is 2.40. The molecule has 2 aliphatic heterocycles. The minimum Gasteiger partial charge on any atom is -0.348 e. The Hall–Kier alpha value is -3.11. The SMILES string of the molecule is C[C@@H](O[C@H]1OCCN(C2=NC(=O)N=N2)[C@@]1(C)c1ccccc1)c1cccc(C(F)(F)F)c1. The molecule has 1 fully saturated rings. The van der Waals surface area contributed by atoms with Crippen LogP contribution in [0.2, 0.25) is 0 Å². The molecule has 3 atom stereocenters. The summed E-state index contributed by atoms with van der Waals surface area (Å²) in [6, 6.07) is 13.6. The molecule has 10 heteroatoms. The fraction of sp³-hybridized carbons (Fsp3) is 0.364. The first kappa shape index (κ1) is 22.1. The van der Waals surface area contributed by atoms with Crippen molar-refractivity contribution in [2.75, 3.05) is 13.2 Å². The monoisotopic (exact) mass is 446 g/mol. The van der Waals surface area contributed by atoms with Crippen molar-refractivity contribution in [1.82, 2.24) is 4.90 Å². The topological polar surface area (TPSA) is 75.8 Å². The van der Waals surface area contributed by atoms with Gasteiger partial charge in [0.05, 0.1) is 18.3 Å². The number of azo groups is 1. The van der Waals surface area contributed by atoms with Crippen molar-refractivity contribution in [3.63, 3.8) is 0 Å². The molecule has 0 radical (unpaired) electrons. The number of halogens is 3. The minimum absolute atomic E-state index is 0.143. The van der Waals surface area contributed by atoms with Gasteiger partial charge in [0.25, 0.3) is 5.96 Å². The summed E-state index contributed by atoms with van der Waals surface area (Å²) in [5.74, 6) is 0.143. The van der Waals surface area contributed by atoms with Crippen molar-refractivity contribution >= 4 is 12.0 Å². The van der Waals surface area contributed by atoms with Crippen LogP contribution in [0.5, 0.6) is 0 Å². The standard InChI is InChI=1S/C22H21F3N4O3/c1-14(15-7-6-10-17(13-15)22(23,24)25)32-18-21(2,16-8-4-3-5-9-16)29(11-12-31-18)19-26-20(30)28-27-19/h3-10,13-14,18H,11-12H2,1-2H3/t14-,18-,21+/m1/s1. The normalized spacial score (nSPS) is 24.5. The smallest absolute Gasteiger partial charge is 0.348 e. The molecule has 0 aromatic heterocycles. The second-order valence-corrected chi connectivity index (χ2v) is 7.66. The van der Waals surface area contributed by atoms with Crippen molar-refractivity contribution in [1.29, 1.82) is 0 Å². The average molecular weight is 446 g/mol. The van der Waals surface area contributed by atoms with E-state index >= 15 is 0 Å². The number of hydrogen-bond donors (Lipinski definition) is 0. The third-order valence-electron chi connectivity index (χ3n) is 5.64. The number of alkyl halides is 3. The maximum Gasteiger partial charge on any atom is 0.416 e. The highest BCUT2D eigenvalue weighted by molar-refractivity contribution is 5.97. The molecule has 2 aliphatic rings. The van der Waals surface area contributed by atoms with Gasteiger partial charge in [-0.05, 0) is 37.1 Å². The van der Waals surface area contributed by atoms with Crippen LogP contribution in [0.25, 0.3) is 0 Å². The van der Waals surface area contributed by atoms with Crippen molar-refractivity contribution in [2.24, 2.45) is 15.2 Å². The van der Waals surface area contributed by atoms with Crippen LogP contribution in [-0.2, 0) is 21.2 Å². The van der Waals surface area contributed by atoms with E-state index in [2.05, 4.69) is 15.2 Å². The van der Waals surface area contributed by atoms with Gasteiger partial charge in [-0.15, -0.1) is 5.11 Å². The van der Waals surface area contributed by atoms with Gasteiger partial charge < -0.3 is 14.4 Å². The number of aliphatic imine (C=N–C) groups is 1. The number of rotatable bonds is 4. The largest absolute Gasteiger partial charge is 0.416 e. The number of ether oxygens (including phenoxy) is 2. The molecular formula is C22H21F3N4O3. The van der Waals surface area contributed by atoms with E-state index in [4.69, 9.17) is 9.47 Å². The molecule has 4 rings (SSSR count). The third-order valence-corrected chi connectivity index (χ3v) is 5.64. The number of morpholine rings is 1. The van der Waals surface area contributed by atoms with E-state index in [-0.39, 0.29) is 12.6 Å². The van der Waals surface area contributed by atoms with Gasteiger partial charge in [-0.1, -0.05) is 47.6 Å². The summed E-state index contributed by atoms with van der Waals surface area (Å²) in [7, 11) is 0. The van der Waals surface area contributed by atoms with Gasteiger partial charge in [0, 0.05) is 6.54 Å². The Morgan fingerprint density at radius 2 is 1.91 bits per heavy atom. The minimum atomic E-state index is -4.45. The highest BCUT2D eigenvalue weighted by Gasteiger charge is 2.49. The zero-order chi connectivity index (χ0) is 22.9. The van der Waals surface area contributed by atoms with Gasteiger partial charge in [0.1, 0.15) is 5.54 Å². The van der Waals surface area contributed by atoms with Crippen LogP contribution in [-0.4, -0.2) is 36.3 Å². The number of carbonyl (C=O) groups is 1. The summed E-state index contributed by atoms with van der Waals surface area (Å²) in [5.41, 5.74) is -0.554. The van der Waals surface area contributed by atoms with Crippen LogP contribution in [0.3, 0.4) is 0 Å². The van der Waals surface area contributed by atoms with E-state index in [0.29, 0.717) is 12.1 Å². The summed E-state index contributed by atoms with van der Waals surface area (Å²) in [6.07, 6.45) is -6.05. The maximum atomic E-state index is 13.2. The molecule has 1 saturated heterocycles. The lowest BCUT2D eigenvalue weighted by Gasteiger charge is -2.49. The lowest BCUT2D eigenvalue weighted by Crippen LogP contribution is -2.60. The number of urea groups is 1. The van der Waals surface area contributed by atoms with Crippen LogP contribution >= 0.6 is 0 Å². The van der Waals surface area contributed by atoms with Crippen LogP contribution in [0, 0.1) is 0 Å². The summed E-state index contributed by atoms with van der Waals surface area (Å²) < 4.78 is 51.6. The molecule has 2 aromatic rings. The predicted octanol–water partition coefficient (Wildman–Crippen LogP) is 5.30. The van der Waals surface area contributed by atoms with Crippen molar-refractivity contribution in [3.05, 3.63) is 71.3 Å². The second-order valence-electron chi connectivity index (χ2n) is 7.66.